The number of ether oxygens (including phenoxy) is 1. The van der Waals surface area contributed by atoms with Gasteiger partial charge in [-0.15, -0.1) is 0 Å². The normalized spacial score (nSPS) is 12.3. The molecule has 4 aromatic heterocycles. The maximum absolute atomic E-state index is 12.8. The Bertz CT molecular complexity index is 1110. The summed E-state index contributed by atoms with van der Waals surface area (Å²) in [6.45, 7) is 0.555. The number of thiophene rings is 1. The molecule has 0 aliphatic rings. The zero-order valence-electron chi connectivity index (χ0n) is 15.6. The van der Waals surface area contributed by atoms with Gasteiger partial charge in [-0.25, -0.2) is 24.9 Å². The molecule has 0 unspecified atom stereocenters. The van der Waals surface area contributed by atoms with E-state index in [0.29, 0.717) is 44.9 Å². The Hall–Kier alpha value is -2.66. The monoisotopic (exact) mass is 426 g/mol. The molecule has 8 nitrogen and oxygen atoms in total. The number of nitrogens with zero attached hydrogens (tertiary/aromatic N) is 5. The second-order valence-corrected chi connectivity index (χ2v) is 8.92. The van der Waals surface area contributed by atoms with Gasteiger partial charge in [0.1, 0.15) is 28.9 Å². The minimum absolute atomic E-state index is 0.479. The van der Waals surface area contributed by atoms with Crippen molar-refractivity contribution in [2.45, 2.75) is 10.6 Å². The Kier molecular flexibility index (Phi) is 5.95. The molecule has 0 amide bonds. The highest BCUT2D eigenvalue weighted by atomic mass is 32.2. The summed E-state index contributed by atoms with van der Waals surface area (Å²) in [6, 6.07) is 3.72. The maximum atomic E-state index is 12.8. The fourth-order valence-corrected chi connectivity index (χ4v) is 5.55. The van der Waals surface area contributed by atoms with Crippen LogP contribution in [0, 0.1) is 0 Å². The minimum Gasteiger partial charge on any atom is -0.611 e. The number of anilines is 1. The van der Waals surface area contributed by atoms with E-state index in [1.54, 1.807) is 25.7 Å². The van der Waals surface area contributed by atoms with Crippen molar-refractivity contribution in [3.8, 4) is 22.5 Å². The average molecular weight is 427 g/mol. The van der Waals surface area contributed by atoms with Crippen LogP contribution in [0.25, 0.3) is 32.7 Å². The molecule has 2 N–H and O–H groups in total. The highest BCUT2D eigenvalue weighted by Crippen LogP contribution is 2.42. The number of hydrogen-bond donors (Lipinski definition) is 1. The van der Waals surface area contributed by atoms with E-state index in [4.69, 9.17) is 15.5 Å². The highest BCUT2D eigenvalue weighted by molar-refractivity contribution is 7.93. The van der Waals surface area contributed by atoms with Crippen LogP contribution in [0.3, 0.4) is 0 Å². The Labute approximate surface area is 174 Å². The van der Waals surface area contributed by atoms with Crippen molar-refractivity contribution >= 4 is 38.4 Å². The molecule has 0 radical (unpaired) electrons. The fourth-order valence-electron chi connectivity index (χ4n) is 2.93. The van der Waals surface area contributed by atoms with Crippen molar-refractivity contribution in [1.82, 2.24) is 24.9 Å². The van der Waals surface area contributed by atoms with Gasteiger partial charge in [0.15, 0.2) is 0 Å². The molecule has 0 fully saturated rings. The smallest absolute Gasteiger partial charge is 0.232 e. The van der Waals surface area contributed by atoms with Crippen molar-refractivity contribution in [2.24, 2.45) is 0 Å². The van der Waals surface area contributed by atoms with E-state index in [1.807, 2.05) is 12.1 Å². The standard InChI is InChI=1S/C19H18N6O2S2/c1-27-5-2-6-29(26)19-17(20)16-13(14-3-4-21-11-24-14)7-15(25-18(16)28-19)12-8-22-10-23-9-12/h3-4,7-11H,2,5-6,20H2,1H3/t29-/m1/s1. The van der Waals surface area contributed by atoms with Crippen molar-refractivity contribution in [3.63, 3.8) is 0 Å². The van der Waals surface area contributed by atoms with Crippen LogP contribution in [-0.4, -0.2) is 48.9 Å². The first kappa shape index (κ1) is 19.6. The molecular formula is C19H18N6O2S2. The van der Waals surface area contributed by atoms with E-state index in [1.165, 1.54) is 24.0 Å². The first-order valence-corrected chi connectivity index (χ1v) is 10.9. The molecule has 0 aromatic carbocycles. The van der Waals surface area contributed by atoms with Crippen molar-refractivity contribution in [2.75, 3.05) is 25.2 Å². The molecule has 0 aliphatic heterocycles. The average Bonchev–Trinajstić information content (AvgIpc) is 3.11. The Morgan fingerprint density at radius 1 is 1.17 bits per heavy atom. The Morgan fingerprint density at radius 3 is 2.72 bits per heavy atom. The van der Waals surface area contributed by atoms with Crippen LogP contribution in [0.1, 0.15) is 6.42 Å². The van der Waals surface area contributed by atoms with Crippen LogP contribution in [0.2, 0.25) is 0 Å². The van der Waals surface area contributed by atoms with E-state index in [0.717, 1.165) is 16.5 Å². The molecule has 0 spiro atoms. The van der Waals surface area contributed by atoms with Crippen LogP contribution in [0.5, 0.6) is 0 Å². The lowest BCUT2D eigenvalue weighted by Crippen LogP contribution is -2.09. The summed E-state index contributed by atoms with van der Waals surface area (Å²) in [5.41, 5.74) is 9.93. The summed E-state index contributed by atoms with van der Waals surface area (Å²) in [7, 11) is 1.63. The van der Waals surface area contributed by atoms with Gasteiger partial charge >= 0.3 is 0 Å². The van der Waals surface area contributed by atoms with Crippen LogP contribution in [-0.2, 0) is 15.9 Å². The third kappa shape index (κ3) is 4.06. The molecule has 4 rings (SSSR count). The third-order valence-corrected chi connectivity index (χ3v) is 7.26. The van der Waals surface area contributed by atoms with Crippen LogP contribution >= 0.6 is 11.3 Å². The molecule has 0 saturated heterocycles. The number of fused-ring (bicyclic) bond motifs is 1. The lowest BCUT2D eigenvalue weighted by molar-refractivity contribution is 0.199. The summed E-state index contributed by atoms with van der Waals surface area (Å²) in [5.74, 6) is 0.479. The lowest BCUT2D eigenvalue weighted by Gasteiger charge is -2.09. The van der Waals surface area contributed by atoms with Crippen LogP contribution in [0.15, 0.2) is 47.6 Å². The Morgan fingerprint density at radius 2 is 2.00 bits per heavy atom. The van der Waals surface area contributed by atoms with E-state index in [9.17, 15) is 4.55 Å². The van der Waals surface area contributed by atoms with Crippen LogP contribution < -0.4 is 5.73 Å². The van der Waals surface area contributed by atoms with Gasteiger partial charge in [-0.3, -0.25) is 0 Å². The topological polar surface area (TPSA) is 123 Å². The predicted octanol–water partition coefficient (Wildman–Crippen LogP) is 2.94. The third-order valence-electron chi connectivity index (χ3n) is 4.26. The molecule has 0 saturated carbocycles. The number of rotatable bonds is 7. The van der Waals surface area contributed by atoms with E-state index in [-0.39, 0.29) is 0 Å². The second kappa shape index (κ2) is 8.78. The van der Waals surface area contributed by atoms with E-state index < -0.39 is 11.2 Å². The van der Waals surface area contributed by atoms with Crippen molar-refractivity contribution < 1.29 is 9.29 Å². The van der Waals surface area contributed by atoms with Gasteiger partial charge in [-0.1, -0.05) is 11.3 Å². The van der Waals surface area contributed by atoms with E-state index in [2.05, 4.69) is 19.9 Å². The van der Waals surface area contributed by atoms with E-state index >= 15 is 0 Å². The zero-order valence-corrected chi connectivity index (χ0v) is 17.2. The van der Waals surface area contributed by atoms with Gasteiger partial charge in [0.25, 0.3) is 0 Å². The molecule has 0 bridgehead atoms. The first-order chi connectivity index (χ1) is 14.2. The number of nitrogens with two attached hydrogens (primary N) is 1. The molecule has 4 heterocycles. The fraction of sp³-hybridized carbons (Fsp3) is 0.211. The van der Waals surface area contributed by atoms with Crippen LogP contribution in [0.4, 0.5) is 5.69 Å². The second-order valence-electron chi connectivity index (χ2n) is 6.16. The van der Waals surface area contributed by atoms with Gasteiger partial charge in [-0.2, -0.15) is 0 Å². The highest BCUT2D eigenvalue weighted by Gasteiger charge is 2.25. The largest absolute Gasteiger partial charge is 0.611 e. The summed E-state index contributed by atoms with van der Waals surface area (Å²) in [4.78, 5) is 22.0. The number of hydrogen-bond acceptors (Lipinski definition) is 9. The van der Waals surface area contributed by atoms with Gasteiger partial charge in [0.2, 0.25) is 4.21 Å². The number of methoxy groups -OCH3 is 1. The summed E-state index contributed by atoms with van der Waals surface area (Å²) < 4.78 is 18.5. The van der Waals surface area contributed by atoms with Gasteiger partial charge in [-0.05, 0) is 23.3 Å². The maximum Gasteiger partial charge on any atom is 0.232 e. The molecule has 10 heteroatoms. The minimum atomic E-state index is -1.23. The Balaban J connectivity index is 1.88. The predicted molar refractivity (Wildman–Crippen MR) is 114 cm³/mol. The van der Waals surface area contributed by atoms with Crippen molar-refractivity contribution in [1.29, 1.82) is 0 Å². The quantitative estimate of drug-likeness (QED) is 0.353. The summed E-state index contributed by atoms with van der Waals surface area (Å²) >= 11 is 0.118. The number of nitrogen functional groups attached to an aromatic ring is 1. The SMILES string of the molecule is COCCC[S@@+]([O-])c1sc2nc(-c3cncnc3)cc(-c3ccncn3)c2c1N. The summed E-state index contributed by atoms with van der Waals surface area (Å²) in [5, 5.41) is 0.754. The van der Waals surface area contributed by atoms with Gasteiger partial charge < -0.3 is 15.0 Å². The molecule has 4 aromatic rings. The first-order valence-electron chi connectivity index (χ1n) is 8.81. The molecule has 1 atom stereocenters. The van der Waals surface area contributed by atoms with Gasteiger partial charge in [0.05, 0.1) is 18.0 Å². The zero-order chi connectivity index (χ0) is 20.2. The number of aromatic nitrogens is 5. The molecule has 29 heavy (non-hydrogen) atoms. The number of pyridine rings is 1. The summed E-state index contributed by atoms with van der Waals surface area (Å²) in [6.07, 6.45) is 8.72. The van der Waals surface area contributed by atoms with Gasteiger partial charge in [0, 0.05) is 48.6 Å². The van der Waals surface area contributed by atoms with Crippen molar-refractivity contribution in [3.05, 3.63) is 43.4 Å². The molecule has 148 valence electrons. The molecule has 0 aliphatic carbocycles. The lowest BCUT2D eigenvalue weighted by atomic mass is 10.1. The molecular weight excluding hydrogens is 408 g/mol.